The Morgan fingerprint density at radius 1 is 1.45 bits per heavy atom. The van der Waals surface area contributed by atoms with Crippen LogP contribution in [0.5, 0.6) is 0 Å². The number of hydrogen-bond donors (Lipinski definition) is 0. The van der Waals surface area contributed by atoms with E-state index in [0.717, 1.165) is 6.42 Å². The lowest BCUT2D eigenvalue weighted by Crippen LogP contribution is -2.59. The van der Waals surface area contributed by atoms with Gasteiger partial charge >= 0.3 is 0 Å². The maximum Gasteiger partial charge on any atom is 0.226 e. The standard InChI is InChI=1S/C16H22N2O2/c1-10-7-13-15(3,4)14(20)12(17-6)8-16(13,5)9-18(10)11(2)19/h8,10,13H,7,9H2,1-5H3/t10-,13-,16+/m0/s1. The summed E-state index contributed by atoms with van der Waals surface area (Å²) in [6.07, 6.45) is 2.61. The number of ketones is 1. The SMILES string of the molecule is [C-]#[N+]C1=C[C@]2(C)CN(C(C)=O)[C@@H](C)C[C@H]2C(C)(C)C1=O. The Morgan fingerprint density at radius 3 is 2.55 bits per heavy atom. The number of fused-ring (bicyclic) bond motifs is 1. The number of Topliss-reactive ketones (excluding diaryl/α,β-unsaturated/α-hetero) is 1. The van der Waals surface area contributed by atoms with Gasteiger partial charge in [0, 0.05) is 24.9 Å². The third-order valence-corrected chi connectivity index (χ3v) is 5.10. The van der Waals surface area contributed by atoms with Gasteiger partial charge in [-0.1, -0.05) is 26.8 Å². The highest BCUT2D eigenvalue weighted by Gasteiger charge is 2.54. The predicted octanol–water partition coefficient (Wildman–Crippen LogP) is 2.66. The van der Waals surface area contributed by atoms with Gasteiger partial charge in [-0.15, -0.1) is 0 Å². The quantitative estimate of drug-likeness (QED) is 0.637. The van der Waals surface area contributed by atoms with Crippen molar-refractivity contribution < 1.29 is 9.59 Å². The highest BCUT2D eigenvalue weighted by molar-refractivity contribution is 6.02. The molecule has 0 aromatic heterocycles. The summed E-state index contributed by atoms with van der Waals surface area (Å²) < 4.78 is 0. The van der Waals surface area contributed by atoms with E-state index < -0.39 is 5.41 Å². The molecule has 0 aromatic rings. The molecule has 3 atom stereocenters. The molecule has 0 aromatic carbocycles. The summed E-state index contributed by atoms with van der Waals surface area (Å²) in [6, 6.07) is 0.139. The first-order chi connectivity index (χ1) is 9.13. The van der Waals surface area contributed by atoms with Gasteiger partial charge in [0.05, 0.1) is 6.57 Å². The molecule has 0 N–H and O–H groups in total. The third kappa shape index (κ3) is 1.96. The van der Waals surface area contributed by atoms with E-state index in [1.807, 2.05) is 25.7 Å². The molecule has 20 heavy (non-hydrogen) atoms. The van der Waals surface area contributed by atoms with Crippen LogP contribution in [0.3, 0.4) is 0 Å². The van der Waals surface area contributed by atoms with Gasteiger partial charge in [-0.3, -0.25) is 4.79 Å². The molecular weight excluding hydrogens is 252 g/mol. The molecule has 1 amide bonds. The van der Waals surface area contributed by atoms with Gasteiger partial charge in [0.2, 0.25) is 11.6 Å². The number of amides is 1. The Kier molecular flexibility index (Phi) is 3.28. The Morgan fingerprint density at radius 2 is 2.05 bits per heavy atom. The maximum absolute atomic E-state index is 12.4. The van der Waals surface area contributed by atoms with E-state index >= 15 is 0 Å². The van der Waals surface area contributed by atoms with Crippen LogP contribution in [0, 0.1) is 23.3 Å². The van der Waals surface area contributed by atoms with Crippen LogP contribution in [-0.2, 0) is 9.59 Å². The molecule has 108 valence electrons. The largest absolute Gasteiger partial charge is 0.339 e. The fourth-order valence-electron chi connectivity index (χ4n) is 4.01. The lowest BCUT2D eigenvalue weighted by atomic mass is 9.54. The first-order valence-corrected chi connectivity index (χ1v) is 7.06. The summed E-state index contributed by atoms with van der Waals surface area (Å²) in [4.78, 5) is 29.5. The number of likely N-dealkylation sites (tertiary alicyclic amines) is 1. The molecule has 0 bridgehead atoms. The highest BCUT2D eigenvalue weighted by Crippen LogP contribution is 2.53. The monoisotopic (exact) mass is 274 g/mol. The normalized spacial score (nSPS) is 35.9. The molecule has 4 nitrogen and oxygen atoms in total. The summed E-state index contributed by atoms with van der Waals surface area (Å²) in [5, 5.41) is 0. The molecule has 1 aliphatic carbocycles. The molecule has 0 unspecified atom stereocenters. The Labute approximate surface area is 120 Å². The van der Waals surface area contributed by atoms with E-state index in [1.165, 1.54) is 0 Å². The zero-order chi connectivity index (χ0) is 15.3. The third-order valence-electron chi connectivity index (χ3n) is 5.10. The lowest BCUT2D eigenvalue weighted by Gasteiger charge is -2.55. The molecule has 0 radical (unpaired) electrons. The molecule has 1 aliphatic heterocycles. The van der Waals surface area contributed by atoms with Gasteiger partial charge in [0.1, 0.15) is 0 Å². The topological polar surface area (TPSA) is 41.7 Å². The van der Waals surface area contributed by atoms with Gasteiger partial charge in [-0.2, -0.15) is 0 Å². The summed E-state index contributed by atoms with van der Waals surface area (Å²) in [6.45, 7) is 17.4. The number of carbonyl (C=O) groups excluding carboxylic acids is 2. The van der Waals surface area contributed by atoms with Crippen LogP contribution in [0.1, 0.15) is 41.0 Å². The second-order valence-electron chi connectivity index (χ2n) is 6.98. The van der Waals surface area contributed by atoms with E-state index in [-0.39, 0.29) is 34.8 Å². The van der Waals surface area contributed by atoms with Crippen molar-refractivity contribution in [2.24, 2.45) is 16.7 Å². The van der Waals surface area contributed by atoms with Crippen LogP contribution in [0.2, 0.25) is 0 Å². The molecule has 1 saturated heterocycles. The zero-order valence-electron chi connectivity index (χ0n) is 12.9. The first kappa shape index (κ1) is 14.8. The van der Waals surface area contributed by atoms with Crippen LogP contribution in [0.15, 0.2) is 11.8 Å². The van der Waals surface area contributed by atoms with Gasteiger partial charge in [0.15, 0.2) is 5.78 Å². The average Bonchev–Trinajstić information content (AvgIpc) is 2.36. The van der Waals surface area contributed by atoms with E-state index in [0.29, 0.717) is 6.54 Å². The Balaban J connectivity index is 2.52. The number of piperidine rings is 1. The van der Waals surface area contributed by atoms with Crippen LogP contribution in [-0.4, -0.2) is 29.2 Å². The maximum atomic E-state index is 12.4. The average molecular weight is 274 g/mol. The fraction of sp³-hybridized carbons (Fsp3) is 0.688. The van der Waals surface area contributed by atoms with Crippen LogP contribution >= 0.6 is 0 Å². The fourth-order valence-corrected chi connectivity index (χ4v) is 4.01. The summed E-state index contributed by atoms with van der Waals surface area (Å²) in [5.41, 5.74) is -0.609. The van der Waals surface area contributed by atoms with Crippen molar-refractivity contribution >= 4 is 11.7 Å². The molecule has 0 saturated carbocycles. The first-order valence-electron chi connectivity index (χ1n) is 7.06. The molecule has 1 heterocycles. The van der Waals surface area contributed by atoms with E-state index in [1.54, 1.807) is 13.0 Å². The Hall–Kier alpha value is -1.63. The van der Waals surface area contributed by atoms with Gasteiger partial charge in [0.25, 0.3) is 0 Å². The lowest BCUT2D eigenvalue weighted by molar-refractivity contribution is -0.143. The summed E-state index contributed by atoms with van der Waals surface area (Å²) in [5.74, 6) is 0.168. The number of carbonyl (C=O) groups is 2. The van der Waals surface area contributed by atoms with Crippen molar-refractivity contribution in [2.75, 3.05) is 6.54 Å². The van der Waals surface area contributed by atoms with Crippen molar-refractivity contribution in [1.29, 1.82) is 0 Å². The van der Waals surface area contributed by atoms with Gasteiger partial charge in [-0.05, 0) is 24.7 Å². The number of hydrogen-bond acceptors (Lipinski definition) is 2. The minimum Gasteiger partial charge on any atom is -0.339 e. The minimum absolute atomic E-state index is 0.0570. The molecule has 2 rings (SSSR count). The molecule has 2 aliphatic rings. The van der Waals surface area contributed by atoms with E-state index in [9.17, 15) is 9.59 Å². The van der Waals surface area contributed by atoms with Crippen LogP contribution < -0.4 is 0 Å². The molecule has 0 spiro atoms. The predicted molar refractivity (Wildman–Crippen MR) is 76.5 cm³/mol. The summed E-state index contributed by atoms with van der Waals surface area (Å²) in [7, 11) is 0. The summed E-state index contributed by atoms with van der Waals surface area (Å²) >= 11 is 0. The second-order valence-corrected chi connectivity index (χ2v) is 6.98. The molecular formula is C16H22N2O2. The highest BCUT2D eigenvalue weighted by atomic mass is 16.2. The second kappa shape index (κ2) is 4.44. The van der Waals surface area contributed by atoms with Crippen LogP contribution in [0.25, 0.3) is 4.85 Å². The van der Waals surface area contributed by atoms with E-state index in [4.69, 9.17) is 6.57 Å². The zero-order valence-corrected chi connectivity index (χ0v) is 12.9. The smallest absolute Gasteiger partial charge is 0.226 e. The van der Waals surface area contributed by atoms with Crippen molar-refractivity contribution in [3.8, 4) is 0 Å². The number of nitrogens with zero attached hydrogens (tertiary/aromatic N) is 2. The van der Waals surface area contributed by atoms with E-state index in [2.05, 4.69) is 11.8 Å². The van der Waals surface area contributed by atoms with Crippen molar-refractivity contribution in [3.05, 3.63) is 23.2 Å². The number of rotatable bonds is 0. The van der Waals surface area contributed by atoms with Crippen molar-refractivity contribution in [3.63, 3.8) is 0 Å². The molecule has 1 fully saturated rings. The van der Waals surface area contributed by atoms with Gasteiger partial charge in [-0.25, -0.2) is 4.85 Å². The Bertz CT molecular complexity index is 541. The molecule has 4 heteroatoms. The van der Waals surface area contributed by atoms with Crippen LogP contribution in [0.4, 0.5) is 0 Å². The number of allylic oxidation sites excluding steroid dienone is 1. The van der Waals surface area contributed by atoms with Crippen molar-refractivity contribution in [2.45, 2.75) is 47.1 Å². The van der Waals surface area contributed by atoms with Crippen molar-refractivity contribution in [1.82, 2.24) is 4.90 Å². The van der Waals surface area contributed by atoms with Gasteiger partial charge < -0.3 is 9.69 Å². The minimum atomic E-state index is -0.541.